The average molecular weight is 1200 g/mol. The minimum Gasteiger partial charge on any atom is -0.462 e. The lowest BCUT2D eigenvalue weighted by Gasteiger charge is -2.40. The number of carbonyl (C=O) groups excluding carboxylic acids is 4. The first-order chi connectivity index (χ1) is 38.8. The van der Waals surface area contributed by atoms with E-state index >= 15 is 8.78 Å². The van der Waals surface area contributed by atoms with Crippen molar-refractivity contribution in [3.05, 3.63) is 149 Å². The van der Waals surface area contributed by atoms with Gasteiger partial charge in [-0.1, -0.05) is 97.6 Å². The van der Waals surface area contributed by atoms with Gasteiger partial charge in [0.2, 0.25) is 22.7 Å². The highest BCUT2D eigenvalue weighted by molar-refractivity contribution is 6.74. The van der Waals surface area contributed by atoms with Crippen molar-refractivity contribution in [3.8, 4) is 0 Å². The number of aliphatic hydroxyl groups is 1. The maximum Gasteiger partial charge on any atom is 0.343 e. The number of hydrogen-bond acceptors (Lipinski definition) is 10. The summed E-state index contributed by atoms with van der Waals surface area (Å²) < 4.78 is 51.2. The predicted octanol–water partition coefficient (Wildman–Crippen LogP) is 13.6. The molecule has 2 aliphatic rings. The van der Waals surface area contributed by atoms with E-state index in [1.807, 2.05) is 37.5 Å². The zero-order valence-electron chi connectivity index (χ0n) is 50.0. The summed E-state index contributed by atoms with van der Waals surface area (Å²) in [5.74, 6) is -2.65. The summed E-state index contributed by atoms with van der Waals surface area (Å²) in [6, 6.07) is 16.1. The molecule has 83 heavy (non-hydrogen) atoms. The second-order valence-electron chi connectivity index (χ2n) is 25.2. The molecule has 6 aromatic rings. The first-order valence-electron chi connectivity index (χ1n) is 28.3. The highest BCUT2D eigenvalue weighted by Gasteiger charge is 2.40. The third-order valence-electron chi connectivity index (χ3n) is 16.2. The third-order valence-corrected chi connectivity index (χ3v) is 21.2. The minimum absolute atomic E-state index is 0.00355. The van der Waals surface area contributed by atoms with Crippen LogP contribution in [0, 0.1) is 22.5 Å². The van der Waals surface area contributed by atoms with Crippen LogP contribution in [0.2, 0.25) is 28.2 Å². The van der Waals surface area contributed by atoms with E-state index in [9.17, 15) is 33.9 Å². The number of pyridine rings is 2. The van der Waals surface area contributed by atoms with Gasteiger partial charge in [-0.3, -0.25) is 19.2 Å². The molecule has 4 heterocycles. The number of hydrogen-bond donors (Lipinski definition) is 1. The molecular weight excluding hydrogens is 1120 g/mol. The molecule has 0 spiro atoms. The fourth-order valence-electron chi connectivity index (χ4n) is 10.4. The van der Waals surface area contributed by atoms with E-state index in [-0.39, 0.29) is 93.1 Å². The summed E-state index contributed by atoms with van der Waals surface area (Å²) in [4.78, 5) is 80.8. The van der Waals surface area contributed by atoms with E-state index in [0.717, 1.165) is 12.8 Å². The third kappa shape index (κ3) is 14.1. The zero-order chi connectivity index (χ0) is 61.3. The molecule has 4 aromatic carbocycles. The fraction of sp³-hybridized carbons (Fsp3) is 0.469. The van der Waals surface area contributed by atoms with Crippen LogP contribution in [-0.4, -0.2) is 85.8 Å². The van der Waals surface area contributed by atoms with Gasteiger partial charge in [-0.15, -0.1) is 0 Å². The van der Waals surface area contributed by atoms with Crippen molar-refractivity contribution < 1.29 is 47.0 Å². The number of amides is 2. The topological polar surface area (TPSA) is 167 Å². The van der Waals surface area contributed by atoms with Crippen molar-refractivity contribution in [1.82, 2.24) is 9.13 Å². The molecule has 14 nitrogen and oxygen atoms in total. The Bertz CT molecular complexity index is 3600. The number of ether oxygens (including phenoxy) is 2. The van der Waals surface area contributed by atoms with Crippen molar-refractivity contribution >= 4 is 88.5 Å². The zero-order valence-corrected chi connectivity index (χ0v) is 52.5. The molecule has 0 bridgehead atoms. The van der Waals surface area contributed by atoms with Crippen LogP contribution in [0.1, 0.15) is 157 Å². The Balaban J connectivity index is 0.000000242. The number of benzene rings is 4. The van der Waals surface area contributed by atoms with E-state index in [1.165, 1.54) is 18.3 Å². The highest BCUT2D eigenvalue weighted by Crippen LogP contribution is 2.41. The summed E-state index contributed by atoms with van der Waals surface area (Å²) in [5, 5.41) is 10.7. The monoisotopic (exact) mass is 1200 g/mol. The lowest BCUT2D eigenvalue weighted by molar-refractivity contribution is -0.117. The smallest absolute Gasteiger partial charge is 0.343 e. The lowest BCUT2D eigenvalue weighted by Crippen LogP contribution is -2.43. The van der Waals surface area contributed by atoms with Gasteiger partial charge in [0, 0.05) is 73.3 Å². The summed E-state index contributed by atoms with van der Waals surface area (Å²) >= 11 is 12.5. The number of rotatable bonds is 16. The standard InChI is InChI=1S/C35H46ClFN2O5Si.C29H32ClFN2O5/c1-10-43-33(42)26-20-39(29(34(2,3)4)21-44-45(8,9)35(5,6)7)28-14-13-22(17-25(28)32(26)41)16-23-18-24(19-27(36)31(23)37)38-15-11-12-30(38)40;1-5-38-28(37)21-15-33(24(16-34)29(2,3)4)23-9-8-17(12-20(23)27(21)36)11-18-13-19(14-22(30)26(18)31)32-10-6-7-25(32)35/h13-14,17-20,29H,10-12,15-16,21H2,1-9H3;8-9,12-15,24,34H,5-7,10-11,16H2,1-4H3/t29-;24-/m11/s1. The molecular formula is C64H78Cl2F2N4O10Si. The van der Waals surface area contributed by atoms with Crippen molar-refractivity contribution in [2.75, 3.05) is 49.3 Å². The number of halogens is 4. The van der Waals surface area contributed by atoms with Crippen molar-refractivity contribution in [2.24, 2.45) is 10.8 Å². The number of carbonyl (C=O) groups is 4. The van der Waals surface area contributed by atoms with Crippen LogP contribution in [0.25, 0.3) is 21.8 Å². The molecule has 0 saturated carbocycles. The van der Waals surface area contributed by atoms with Gasteiger partial charge >= 0.3 is 11.9 Å². The molecule has 446 valence electrons. The van der Waals surface area contributed by atoms with Gasteiger partial charge in [0.15, 0.2) is 8.32 Å². The Morgan fingerprint density at radius 3 is 1.36 bits per heavy atom. The molecule has 2 atom stereocenters. The minimum atomic E-state index is -2.12. The molecule has 2 aliphatic heterocycles. The maximum absolute atomic E-state index is 15.3. The molecule has 1 N–H and O–H groups in total. The van der Waals surface area contributed by atoms with Gasteiger partial charge in [0.25, 0.3) is 0 Å². The van der Waals surface area contributed by atoms with E-state index in [0.29, 0.717) is 77.0 Å². The van der Waals surface area contributed by atoms with Gasteiger partial charge in [-0.25, -0.2) is 18.4 Å². The largest absolute Gasteiger partial charge is 0.462 e. The predicted molar refractivity (Wildman–Crippen MR) is 327 cm³/mol. The summed E-state index contributed by atoms with van der Waals surface area (Å²) in [7, 11) is -2.12. The van der Waals surface area contributed by atoms with Crippen molar-refractivity contribution in [2.45, 2.75) is 145 Å². The number of fused-ring (bicyclic) bond motifs is 2. The van der Waals surface area contributed by atoms with Crippen LogP contribution < -0.4 is 20.7 Å². The number of esters is 2. The van der Waals surface area contributed by atoms with E-state index in [2.05, 4.69) is 54.6 Å². The Morgan fingerprint density at radius 1 is 0.627 bits per heavy atom. The molecule has 2 fully saturated rings. The van der Waals surface area contributed by atoms with Crippen LogP contribution in [-0.2, 0) is 36.3 Å². The quantitative estimate of drug-likeness (QED) is 0.0728. The van der Waals surface area contributed by atoms with Crippen molar-refractivity contribution in [1.29, 1.82) is 0 Å². The Hall–Kier alpha value is -6.24. The van der Waals surface area contributed by atoms with Crippen LogP contribution in [0.3, 0.4) is 0 Å². The summed E-state index contributed by atoms with van der Waals surface area (Å²) in [6.07, 6.45) is 5.65. The molecule has 0 unspecified atom stereocenters. The van der Waals surface area contributed by atoms with Gasteiger partial charge < -0.3 is 37.9 Å². The SMILES string of the molecule is CCOC(=O)c1cn([C@H](CO)C(C)(C)C)c2ccc(Cc3cc(N4CCCC4=O)cc(Cl)c3F)cc2c1=O.CCOC(=O)c1cn([C@H](CO[Si](C)(C)C(C)(C)C)C(C)(C)C)c2ccc(Cc3cc(N4CCCC4=O)cc(Cl)c3F)cc2c1=O. The Morgan fingerprint density at radius 2 is 1.02 bits per heavy atom. The number of nitrogens with zero attached hydrogens (tertiary/aromatic N) is 4. The van der Waals surface area contributed by atoms with Crippen LogP contribution in [0.4, 0.5) is 20.2 Å². The normalized spacial score (nSPS) is 15.0. The van der Waals surface area contributed by atoms with Gasteiger partial charge in [-0.05, 0) is 126 Å². The molecule has 19 heteroatoms. The van der Waals surface area contributed by atoms with Crippen LogP contribution in [0.15, 0.2) is 82.6 Å². The fourth-order valence-corrected chi connectivity index (χ4v) is 11.9. The van der Waals surface area contributed by atoms with Crippen LogP contribution >= 0.6 is 23.2 Å². The lowest BCUT2D eigenvalue weighted by atomic mass is 9.86. The maximum atomic E-state index is 15.3. The number of aromatic nitrogens is 2. The summed E-state index contributed by atoms with van der Waals surface area (Å²) in [5.41, 5.74) is 2.32. The van der Waals surface area contributed by atoms with Gasteiger partial charge in [0.1, 0.15) is 22.8 Å². The summed E-state index contributed by atoms with van der Waals surface area (Å²) in [6.45, 7) is 28.1. The Kier molecular flexibility index (Phi) is 19.8. The first kappa shape index (κ1) is 64.3. The molecule has 0 aliphatic carbocycles. The highest BCUT2D eigenvalue weighted by atomic mass is 35.5. The second kappa shape index (κ2) is 25.5. The molecule has 0 radical (unpaired) electrons. The molecule has 2 amide bonds. The van der Waals surface area contributed by atoms with Gasteiger partial charge in [-0.2, -0.15) is 0 Å². The Labute approximate surface area is 495 Å². The second-order valence-corrected chi connectivity index (χ2v) is 30.8. The van der Waals surface area contributed by atoms with E-state index in [1.54, 1.807) is 70.8 Å². The number of anilines is 2. The van der Waals surface area contributed by atoms with Gasteiger partial charge in [0.05, 0.1) is 59.6 Å². The molecule has 8 rings (SSSR count). The van der Waals surface area contributed by atoms with E-state index in [4.69, 9.17) is 37.1 Å². The van der Waals surface area contributed by atoms with Crippen molar-refractivity contribution in [3.63, 3.8) is 0 Å². The average Bonchev–Trinajstić information content (AvgIpc) is 2.82. The van der Waals surface area contributed by atoms with Crippen LogP contribution in [0.5, 0.6) is 0 Å². The first-order valence-corrected chi connectivity index (χ1v) is 32.0. The molecule has 2 saturated heterocycles. The van der Waals surface area contributed by atoms with E-state index < -0.39 is 54.2 Å². The molecule has 2 aromatic heterocycles. The number of aliphatic hydroxyl groups excluding tert-OH is 1.